The zero-order chi connectivity index (χ0) is 15.1. The second kappa shape index (κ2) is 8.15. The number of rotatable bonds is 6. The Bertz CT molecular complexity index is 430. The summed E-state index contributed by atoms with van der Waals surface area (Å²) in [6, 6.07) is 10.3. The number of hydrogen-bond donors (Lipinski definition) is 1. The van der Waals surface area contributed by atoms with Gasteiger partial charge in [0.25, 0.3) is 0 Å². The van der Waals surface area contributed by atoms with Crippen LogP contribution in [-0.4, -0.2) is 44.7 Å². The number of ether oxygens (including phenoxy) is 1. The Morgan fingerprint density at radius 1 is 1.43 bits per heavy atom. The molecule has 1 fully saturated rings. The first-order chi connectivity index (χ1) is 10.2. The van der Waals surface area contributed by atoms with E-state index in [1.54, 1.807) is 0 Å². The second-order valence-corrected chi connectivity index (χ2v) is 5.86. The fourth-order valence-electron chi connectivity index (χ4n) is 3.06. The fourth-order valence-corrected chi connectivity index (χ4v) is 3.06. The molecule has 0 radical (unpaired) electrons. The number of methoxy groups -OCH3 is 1. The number of nitrogens with zero attached hydrogens (tertiary/aromatic N) is 1. The Balaban J connectivity index is 2.04. The predicted octanol–water partition coefficient (Wildman–Crippen LogP) is 2.22. The second-order valence-electron chi connectivity index (χ2n) is 5.86. The number of nitrogens with one attached hydrogen (secondary N) is 1. The lowest BCUT2D eigenvalue weighted by atomic mass is 9.96. The molecule has 0 unspecified atom stereocenters. The molecule has 2 atom stereocenters. The van der Waals surface area contributed by atoms with E-state index in [1.807, 2.05) is 18.2 Å². The summed E-state index contributed by atoms with van der Waals surface area (Å²) in [5, 5.41) is 3.45. The highest BCUT2D eigenvalue weighted by Crippen LogP contribution is 2.25. The van der Waals surface area contributed by atoms with Crippen LogP contribution in [0.1, 0.15) is 30.9 Å². The average Bonchev–Trinajstić information content (AvgIpc) is 2.54. The molecule has 0 amide bonds. The Kier molecular flexibility index (Phi) is 6.21. The molecule has 2 rings (SSSR count). The minimum Gasteiger partial charge on any atom is -0.469 e. The number of esters is 1. The molecule has 4 nitrogen and oxygen atoms in total. The van der Waals surface area contributed by atoms with Gasteiger partial charge in [0.15, 0.2) is 0 Å². The van der Waals surface area contributed by atoms with Crippen molar-refractivity contribution in [3.05, 3.63) is 35.9 Å². The van der Waals surface area contributed by atoms with Crippen molar-refractivity contribution in [1.82, 2.24) is 10.2 Å². The molecule has 1 aromatic rings. The smallest absolute Gasteiger partial charge is 0.307 e. The molecule has 4 heteroatoms. The van der Waals surface area contributed by atoms with Crippen molar-refractivity contribution in [3.63, 3.8) is 0 Å². The van der Waals surface area contributed by atoms with Gasteiger partial charge in [0.2, 0.25) is 0 Å². The molecule has 0 bridgehead atoms. The minimum absolute atomic E-state index is 0.0839. The third-order valence-electron chi connectivity index (χ3n) is 4.25. The number of piperidine rings is 1. The maximum absolute atomic E-state index is 11.7. The molecular formula is C17H26N2O2. The number of carbonyl (C=O) groups is 1. The summed E-state index contributed by atoms with van der Waals surface area (Å²) in [6.07, 6.45) is 2.90. The summed E-state index contributed by atoms with van der Waals surface area (Å²) >= 11 is 0. The lowest BCUT2D eigenvalue weighted by molar-refractivity contribution is -0.142. The van der Waals surface area contributed by atoms with Crippen LogP contribution in [0, 0.1) is 5.92 Å². The molecule has 0 spiro atoms. The summed E-state index contributed by atoms with van der Waals surface area (Å²) in [5.74, 6) is 0.505. The van der Waals surface area contributed by atoms with Gasteiger partial charge >= 0.3 is 5.97 Å². The highest BCUT2D eigenvalue weighted by molar-refractivity contribution is 5.70. The topological polar surface area (TPSA) is 41.6 Å². The largest absolute Gasteiger partial charge is 0.469 e. The predicted molar refractivity (Wildman–Crippen MR) is 84.0 cm³/mol. The lowest BCUT2D eigenvalue weighted by Crippen LogP contribution is -2.38. The highest BCUT2D eigenvalue weighted by Gasteiger charge is 2.24. The molecule has 21 heavy (non-hydrogen) atoms. The Hall–Kier alpha value is -1.39. The maximum Gasteiger partial charge on any atom is 0.307 e. The van der Waals surface area contributed by atoms with Gasteiger partial charge in [-0.05, 0) is 44.5 Å². The van der Waals surface area contributed by atoms with Crippen LogP contribution in [-0.2, 0) is 9.53 Å². The summed E-state index contributed by atoms with van der Waals surface area (Å²) in [4.78, 5) is 14.0. The fraction of sp³-hybridized carbons (Fsp3) is 0.588. The van der Waals surface area contributed by atoms with Crippen LogP contribution in [0.25, 0.3) is 0 Å². The zero-order valence-corrected chi connectivity index (χ0v) is 13.0. The van der Waals surface area contributed by atoms with Gasteiger partial charge in [0, 0.05) is 12.6 Å². The van der Waals surface area contributed by atoms with E-state index in [0.29, 0.717) is 12.3 Å². The van der Waals surface area contributed by atoms with Gasteiger partial charge in [-0.2, -0.15) is 0 Å². The molecule has 0 aliphatic carbocycles. The third-order valence-corrected chi connectivity index (χ3v) is 4.25. The summed E-state index contributed by atoms with van der Waals surface area (Å²) in [7, 11) is 3.56. The standard InChI is InChI=1S/C17H26N2O2/c1-19(13-14-7-6-10-18-12-14)16(11-17(20)21-2)15-8-4-3-5-9-15/h3-5,8-9,14,16,18H,6-7,10-13H2,1-2H3/t14-,16+/m1/s1. The zero-order valence-electron chi connectivity index (χ0n) is 13.0. The van der Waals surface area contributed by atoms with Crippen LogP contribution >= 0.6 is 0 Å². The molecule has 1 N–H and O–H groups in total. The van der Waals surface area contributed by atoms with Crippen LogP contribution in [0.3, 0.4) is 0 Å². The highest BCUT2D eigenvalue weighted by atomic mass is 16.5. The first kappa shape index (κ1) is 16.0. The Morgan fingerprint density at radius 2 is 2.19 bits per heavy atom. The molecule has 1 aliphatic rings. The van der Waals surface area contributed by atoms with Gasteiger partial charge in [0.1, 0.15) is 0 Å². The van der Waals surface area contributed by atoms with Gasteiger partial charge in [-0.15, -0.1) is 0 Å². The molecule has 1 aliphatic heterocycles. The van der Waals surface area contributed by atoms with E-state index in [2.05, 4.69) is 29.4 Å². The third kappa shape index (κ3) is 4.83. The molecular weight excluding hydrogens is 264 g/mol. The quantitative estimate of drug-likeness (QED) is 0.816. The van der Waals surface area contributed by atoms with Crippen LogP contribution in [0.2, 0.25) is 0 Å². The molecule has 1 heterocycles. The summed E-state index contributed by atoms with van der Waals surface area (Å²) in [6.45, 7) is 3.21. The van der Waals surface area contributed by atoms with Crippen LogP contribution in [0.5, 0.6) is 0 Å². The van der Waals surface area contributed by atoms with Crippen molar-refractivity contribution in [3.8, 4) is 0 Å². The van der Waals surface area contributed by atoms with E-state index < -0.39 is 0 Å². The van der Waals surface area contributed by atoms with Crippen LogP contribution in [0.4, 0.5) is 0 Å². The van der Waals surface area contributed by atoms with Crippen molar-refractivity contribution in [1.29, 1.82) is 0 Å². The molecule has 0 aromatic heterocycles. The normalized spacial score (nSPS) is 20.2. The Morgan fingerprint density at radius 3 is 2.81 bits per heavy atom. The van der Waals surface area contributed by atoms with E-state index in [9.17, 15) is 4.79 Å². The van der Waals surface area contributed by atoms with Gasteiger partial charge in [-0.3, -0.25) is 9.69 Å². The number of hydrogen-bond acceptors (Lipinski definition) is 4. The lowest BCUT2D eigenvalue weighted by Gasteiger charge is -2.33. The number of benzene rings is 1. The van der Waals surface area contributed by atoms with Gasteiger partial charge in [-0.25, -0.2) is 0 Å². The van der Waals surface area contributed by atoms with Crippen molar-refractivity contribution in [2.45, 2.75) is 25.3 Å². The molecule has 1 saturated heterocycles. The monoisotopic (exact) mass is 290 g/mol. The van der Waals surface area contributed by atoms with Crippen molar-refractivity contribution in [2.24, 2.45) is 5.92 Å². The summed E-state index contributed by atoms with van der Waals surface area (Å²) < 4.78 is 4.86. The first-order valence-electron chi connectivity index (χ1n) is 7.73. The van der Waals surface area contributed by atoms with E-state index in [4.69, 9.17) is 4.74 Å². The first-order valence-corrected chi connectivity index (χ1v) is 7.73. The van der Waals surface area contributed by atoms with E-state index in [0.717, 1.165) is 19.6 Å². The Labute approximate surface area is 127 Å². The van der Waals surface area contributed by atoms with Gasteiger partial charge in [-0.1, -0.05) is 30.3 Å². The molecule has 116 valence electrons. The van der Waals surface area contributed by atoms with Crippen LogP contribution in [0.15, 0.2) is 30.3 Å². The molecule has 0 saturated carbocycles. The van der Waals surface area contributed by atoms with Crippen molar-refractivity contribution in [2.75, 3.05) is 33.8 Å². The minimum atomic E-state index is -0.155. The van der Waals surface area contributed by atoms with E-state index in [1.165, 1.54) is 25.5 Å². The van der Waals surface area contributed by atoms with Crippen LogP contribution < -0.4 is 5.32 Å². The van der Waals surface area contributed by atoms with E-state index >= 15 is 0 Å². The van der Waals surface area contributed by atoms with Crippen molar-refractivity contribution < 1.29 is 9.53 Å². The molecule has 1 aromatic carbocycles. The van der Waals surface area contributed by atoms with Crippen molar-refractivity contribution >= 4 is 5.97 Å². The maximum atomic E-state index is 11.7. The van der Waals surface area contributed by atoms with Gasteiger partial charge < -0.3 is 10.1 Å². The number of carbonyl (C=O) groups excluding carboxylic acids is 1. The summed E-state index contributed by atoms with van der Waals surface area (Å²) in [5.41, 5.74) is 1.18. The van der Waals surface area contributed by atoms with E-state index in [-0.39, 0.29) is 12.0 Å². The van der Waals surface area contributed by atoms with Gasteiger partial charge in [0.05, 0.1) is 13.5 Å². The average molecular weight is 290 g/mol. The SMILES string of the molecule is COC(=O)C[C@@H](c1ccccc1)N(C)C[C@@H]1CCCNC1.